The number of nitrogens with one attached hydrogen (secondary N) is 1. The normalized spacial score (nSPS) is 14.8. The summed E-state index contributed by atoms with van der Waals surface area (Å²) in [6.45, 7) is 3.57. The Morgan fingerprint density at radius 2 is 1.95 bits per heavy atom. The molecule has 4 heteroatoms. The lowest BCUT2D eigenvalue weighted by Crippen LogP contribution is -2.07. The van der Waals surface area contributed by atoms with Gasteiger partial charge in [0.05, 0.1) is 19.5 Å². The van der Waals surface area contributed by atoms with Crippen LogP contribution in [0.5, 0.6) is 0 Å². The molecule has 0 amide bonds. The summed E-state index contributed by atoms with van der Waals surface area (Å²) in [4.78, 5) is 7.02. The minimum Gasteiger partial charge on any atom is -0.350 e. The monoisotopic (exact) mass is 274 g/mol. The molecule has 0 spiro atoms. The van der Waals surface area contributed by atoms with Gasteiger partial charge in [0.1, 0.15) is 0 Å². The van der Waals surface area contributed by atoms with Crippen molar-refractivity contribution in [3.05, 3.63) is 54.1 Å². The fourth-order valence-electron chi connectivity index (χ4n) is 1.99. The Morgan fingerprint density at radius 3 is 2.50 bits per heavy atom. The number of aromatic nitrogens is 2. The molecule has 108 valence electrons. The molecule has 0 radical (unpaired) electrons. The van der Waals surface area contributed by atoms with Gasteiger partial charge in [0.15, 0.2) is 6.29 Å². The Labute approximate surface area is 120 Å². The first-order valence-corrected chi connectivity index (χ1v) is 7.06. The van der Waals surface area contributed by atoms with Crippen LogP contribution in [0.15, 0.2) is 42.9 Å². The maximum Gasteiger partial charge on any atom is 0.157 e. The molecule has 2 aromatic rings. The Morgan fingerprint density at radius 1 is 1.20 bits per heavy atom. The third-order valence-corrected chi connectivity index (χ3v) is 3.07. The molecule has 0 unspecified atom stereocenters. The van der Waals surface area contributed by atoms with Gasteiger partial charge in [-0.3, -0.25) is 0 Å². The van der Waals surface area contributed by atoms with Gasteiger partial charge >= 0.3 is 0 Å². The van der Waals surface area contributed by atoms with Crippen molar-refractivity contribution in [1.29, 1.82) is 0 Å². The quantitative estimate of drug-likeness (QED) is 0.932. The highest BCUT2D eigenvalue weighted by Crippen LogP contribution is 2.11. The molecule has 1 fully saturated rings. The summed E-state index contributed by atoms with van der Waals surface area (Å²) in [5, 5.41) is 0. The van der Waals surface area contributed by atoms with E-state index in [0.29, 0.717) is 0 Å². The van der Waals surface area contributed by atoms with Gasteiger partial charge in [-0.25, -0.2) is 4.98 Å². The molecule has 1 saturated heterocycles. The fourth-order valence-corrected chi connectivity index (χ4v) is 1.99. The first kappa shape index (κ1) is 14.8. The van der Waals surface area contributed by atoms with Crippen LogP contribution in [-0.4, -0.2) is 29.5 Å². The number of rotatable bonds is 4. The molecule has 3 rings (SSSR count). The van der Waals surface area contributed by atoms with Gasteiger partial charge < -0.3 is 14.5 Å². The lowest BCUT2D eigenvalue weighted by atomic mass is 10.2. The largest absolute Gasteiger partial charge is 0.350 e. The average Bonchev–Trinajstić information content (AvgIpc) is 3.14. The maximum atomic E-state index is 5.32. The predicted octanol–water partition coefficient (Wildman–Crippen LogP) is 3.10. The van der Waals surface area contributed by atoms with E-state index in [-0.39, 0.29) is 6.29 Å². The van der Waals surface area contributed by atoms with Crippen LogP contribution in [0.2, 0.25) is 0 Å². The van der Waals surface area contributed by atoms with Crippen LogP contribution in [0.4, 0.5) is 0 Å². The van der Waals surface area contributed by atoms with Crippen LogP contribution in [-0.2, 0) is 15.9 Å². The van der Waals surface area contributed by atoms with E-state index in [2.05, 4.69) is 29.0 Å². The molecule has 0 bridgehead atoms. The molecule has 20 heavy (non-hydrogen) atoms. The Bertz CT molecular complexity index is 451. The third kappa shape index (κ3) is 5.55. The maximum absolute atomic E-state index is 5.32. The smallest absolute Gasteiger partial charge is 0.157 e. The van der Waals surface area contributed by atoms with Crippen LogP contribution >= 0.6 is 0 Å². The minimum atomic E-state index is 0.0305. The molecule has 1 aliphatic rings. The van der Waals surface area contributed by atoms with Gasteiger partial charge in [0.25, 0.3) is 0 Å². The second-order valence-corrected chi connectivity index (χ2v) is 4.79. The van der Waals surface area contributed by atoms with E-state index in [4.69, 9.17) is 9.47 Å². The van der Waals surface area contributed by atoms with Crippen LogP contribution in [0, 0.1) is 6.92 Å². The Kier molecular flexibility index (Phi) is 6.27. The van der Waals surface area contributed by atoms with Crippen molar-refractivity contribution >= 4 is 0 Å². The van der Waals surface area contributed by atoms with E-state index in [1.807, 2.05) is 24.4 Å². The molecule has 2 heterocycles. The van der Waals surface area contributed by atoms with Crippen molar-refractivity contribution in [3.8, 4) is 0 Å². The minimum absolute atomic E-state index is 0.0305. The number of H-pyrrole nitrogens is 1. The van der Waals surface area contributed by atoms with Gasteiger partial charge in [-0.05, 0) is 26.2 Å². The van der Waals surface area contributed by atoms with Gasteiger partial charge in [-0.2, -0.15) is 0 Å². The van der Waals surface area contributed by atoms with E-state index < -0.39 is 0 Å². The highest BCUT2D eigenvalue weighted by Gasteiger charge is 2.14. The predicted molar refractivity (Wildman–Crippen MR) is 78.4 cm³/mol. The standard InChI is InChI=1S/C9H14N2O2.C7H8/c1(2-8-6-10-7-11-8)3-9-12-4-5-13-9;1-7-5-3-2-4-6-7/h6-7,9H,1-5H2,(H,10,11);2-6H,1H3. The Hall–Kier alpha value is -1.65. The summed E-state index contributed by atoms with van der Waals surface area (Å²) in [5.41, 5.74) is 2.50. The Balaban J connectivity index is 0.000000178. The van der Waals surface area contributed by atoms with Crippen molar-refractivity contribution in [2.45, 2.75) is 32.5 Å². The lowest BCUT2D eigenvalue weighted by molar-refractivity contribution is -0.0476. The summed E-state index contributed by atoms with van der Waals surface area (Å²) >= 11 is 0. The summed E-state index contributed by atoms with van der Waals surface area (Å²) in [7, 11) is 0. The molecule has 1 aromatic carbocycles. The fraction of sp³-hybridized carbons (Fsp3) is 0.438. The second kappa shape index (κ2) is 8.51. The summed E-state index contributed by atoms with van der Waals surface area (Å²) in [6, 6.07) is 10.3. The van der Waals surface area contributed by atoms with E-state index >= 15 is 0 Å². The van der Waals surface area contributed by atoms with E-state index in [9.17, 15) is 0 Å². The van der Waals surface area contributed by atoms with Crippen molar-refractivity contribution < 1.29 is 9.47 Å². The number of hydrogen-bond acceptors (Lipinski definition) is 3. The van der Waals surface area contributed by atoms with Crippen LogP contribution in [0.1, 0.15) is 24.1 Å². The zero-order valence-corrected chi connectivity index (χ0v) is 11.9. The van der Waals surface area contributed by atoms with Crippen molar-refractivity contribution in [1.82, 2.24) is 9.97 Å². The van der Waals surface area contributed by atoms with Gasteiger partial charge in [-0.1, -0.05) is 35.9 Å². The molecular formula is C16H22N2O2. The molecule has 1 aliphatic heterocycles. The zero-order valence-electron chi connectivity index (χ0n) is 11.9. The molecular weight excluding hydrogens is 252 g/mol. The number of benzene rings is 1. The second-order valence-electron chi connectivity index (χ2n) is 4.79. The third-order valence-electron chi connectivity index (χ3n) is 3.07. The number of imidazole rings is 1. The van der Waals surface area contributed by atoms with Crippen LogP contribution in [0.3, 0.4) is 0 Å². The molecule has 0 saturated carbocycles. The van der Waals surface area contributed by atoms with Crippen molar-refractivity contribution in [2.24, 2.45) is 0 Å². The number of aryl methyl sites for hydroxylation is 2. The highest BCUT2D eigenvalue weighted by atomic mass is 16.7. The molecule has 1 N–H and O–H groups in total. The van der Waals surface area contributed by atoms with Gasteiger partial charge in [-0.15, -0.1) is 0 Å². The van der Waals surface area contributed by atoms with Crippen molar-refractivity contribution in [3.63, 3.8) is 0 Å². The number of hydrogen-bond donors (Lipinski definition) is 1. The highest BCUT2D eigenvalue weighted by molar-refractivity contribution is 5.11. The first-order valence-electron chi connectivity index (χ1n) is 7.06. The van der Waals surface area contributed by atoms with Gasteiger partial charge in [0, 0.05) is 11.9 Å². The van der Waals surface area contributed by atoms with E-state index in [0.717, 1.165) is 32.5 Å². The lowest BCUT2D eigenvalue weighted by Gasteiger charge is -2.07. The summed E-state index contributed by atoms with van der Waals surface area (Å²) < 4.78 is 10.6. The molecule has 0 aliphatic carbocycles. The topological polar surface area (TPSA) is 47.1 Å². The number of aromatic amines is 1. The number of ether oxygens (including phenoxy) is 2. The summed E-state index contributed by atoms with van der Waals surface area (Å²) in [6.07, 6.45) is 6.66. The van der Waals surface area contributed by atoms with Crippen molar-refractivity contribution in [2.75, 3.05) is 13.2 Å². The summed E-state index contributed by atoms with van der Waals surface area (Å²) in [5.74, 6) is 0. The van der Waals surface area contributed by atoms with Crippen LogP contribution < -0.4 is 0 Å². The first-order chi connectivity index (χ1) is 9.84. The molecule has 0 atom stereocenters. The van der Waals surface area contributed by atoms with E-state index in [1.54, 1.807) is 6.33 Å². The van der Waals surface area contributed by atoms with E-state index in [1.165, 1.54) is 11.3 Å². The van der Waals surface area contributed by atoms with Crippen LogP contribution in [0.25, 0.3) is 0 Å². The zero-order chi connectivity index (χ0) is 14.0. The molecule has 4 nitrogen and oxygen atoms in total. The van der Waals surface area contributed by atoms with Gasteiger partial charge in [0.2, 0.25) is 0 Å². The molecule has 1 aromatic heterocycles. The average molecular weight is 274 g/mol. The SMILES string of the molecule is Cc1ccccc1.c1ncc(CCCC2OCCO2)[nH]1. The number of nitrogens with zero attached hydrogens (tertiary/aromatic N) is 1.